The number of rotatable bonds is 2. The third-order valence-electron chi connectivity index (χ3n) is 3.22. The molecule has 0 aromatic heterocycles. The van der Waals surface area contributed by atoms with Crippen LogP contribution in [0.5, 0.6) is 0 Å². The Kier molecular flexibility index (Phi) is 3.45. The first-order chi connectivity index (χ1) is 8.33. The Morgan fingerprint density at radius 2 is 2.06 bits per heavy atom. The summed E-state index contributed by atoms with van der Waals surface area (Å²) >= 11 is 5.39. The van der Waals surface area contributed by atoms with Gasteiger partial charge in [-0.15, -0.1) is 0 Å². The standard InChI is InChI=1S/C12H18ClNO4/c1-12(2,3)18-11(16)14-5-7-4-8(7)9(14)10(15)17-6-13/h7-9H,4-6H2,1-3H3/t7-,8-,9+/m0/s1. The van der Waals surface area contributed by atoms with Crippen LogP contribution in [-0.4, -0.2) is 41.2 Å². The lowest BCUT2D eigenvalue weighted by atomic mass is 10.2. The maximum absolute atomic E-state index is 12.0. The molecule has 1 amide bonds. The lowest BCUT2D eigenvalue weighted by Gasteiger charge is -2.29. The van der Waals surface area contributed by atoms with Gasteiger partial charge >= 0.3 is 12.1 Å². The molecule has 1 saturated carbocycles. The van der Waals surface area contributed by atoms with Crippen LogP contribution in [0.25, 0.3) is 0 Å². The number of hydrogen-bond acceptors (Lipinski definition) is 4. The third kappa shape index (κ3) is 2.71. The highest BCUT2D eigenvalue weighted by Gasteiger charge is 2.58. The summed E-state index contributed by atoms with van der Waals surface area (Å²) in [5, 5.41) is 0. The van der Waals surface area contributed by atoms with E-state index in [-0.39, 0.29) is 12.0 Å². The predicted octanol–water partition coefficient (Wildman–Crippen LogP) is 1.98. The number of nitrogens with zero attached hydrogens (tertiary/aromatic N) is 1. The van der Waals surface area contributed by atoms with Crippen LogP contribution in [-0.2, 0) is 14.3 Å². The number of amides is 1. The molecule has 0 bridgehead atoms. The maximum atomic E-state index is 12.0. The molecule has 2 fully saturated rings. The summed E-state index contributed by atoms with van der Waals surface area (Å²) in [5.74, 6) is 0.194. The highest BCUT2D eigenvalue weighted by atomic mass is 35.5. The van der Waals surface area contributed by atoms with Crippen molar-refractivity contribution in [1.82, 2.24) is 4.90 Å². The molecule has 3 atom stereocenters. The molecule has 2 rings (SSSR count). The zero-order valence-electron chi connectivity index (χ0n) is 10.8. The maximum Gasteiger partial charge on any atom is 0.411 e. The van der Waals surface area contributed by atoms with Crippen molar-refractivity contribution in [1.29, 1.82) is 0 Å². The highest BCUT2D eigenvalue weighted by Crippen LogP contribution is 2.50. The van der Waals surface area contributed by atoms with Crippen molar-refractivity contribution >= 4 is 23.7 Å². The van der Waals surface area contributed by atoms with Crippen LogP contribution < -0.4 is 0 Å². The van der Waals surface area contributed by atoms with Crippen LogP contribution in [0, 0.1) is 11.8 Å². The summed E-state index contributed by atoms with van der Waals surface area (Å²) in [4.78, 5) is 25.3. The quantitative estimate of drug-likeness (QED) is 0.571. The van der Waals surface area contributed by atoms with Crippen LogP contribution in [0.3, 0.4) is 0 Å². The molecule has 1 aliphatic carbocycles. The molecular weight excluding hydrogens is 258 g/mol. The van der Waals surface area contributed by atoms with Crippen molar-refractivity contribution in [3.63, 3.8) is 0 Å². The number of esters is 1. The molecule has 6 heteroatoms. The number of piperidine rings is 1. The average molecular weight is 276 g/mol. The Labute approximate surface area is 111 Å². The Hall–Kier alpha value is -0.970. The molecule has 0 spiro atoms. The molecule has 0 unspecified atom stereocenters. The smallest absolute Gasteiger partial charge is 0.411 e. The zero-order chi connectivity index (χ0) is 13.5. The summed E-state index contributed by atoms with van der Waals surface area (Å²) in [5.41, 5.74) is -0.565. The van der Waals surface area contributed by atoms with Gasteiger partial charge in [-0.3, -0.25) is 4.90 Å². The molecule has 102 valence electrons. The van der Waals surface area contributed by atoms with Crippen molar-refractivity contribution in [2.45, 2.75) is 38.8 Å². The van der Waals surface area contributed by atoms with E-state index in [0.717, 1.165) is 6.42 Å². The molecule has 0 aromatic carbocycles. The van der Waals surface area contributed by atoms with E-state index in [1.54, 1.807) is 20.8 Å². The summed E-state index contributed by atoms with van der Waals surface area (Å²) in [6, 6.07) is -0.710. The molecule has 0 radical (unpaired) electrons. The van der Waals surface area contributed by atoms with E-state index < -0.39 is 23.7 Å². The van der Waals surface area contributed by atoms with Gasteiger partial charge in [0, 0.05) is 6.54 Å². The molecule has 1 aliphatic heterocycles. The van der Waals surface area contributed by atoms with E-state index in [9.17, 15) is 9.59 Å². The number of hydrogen-bond donors (Lipinski definition) is 0. The van der Waals surface area contributed by atoms with Gasteiger partial charge in [0.25, 0.3) is 0 Å². The number of ether oxygens (including phenoxy) is 2. The van der Waals surface area contributed by atoms with Gasteiger partial charge in [0.15, 0.2) is 6.07 Å². The van der Waals surface area contributed by atoms with Crippen molar-refractivity contribution in [3.8, 4) is 0 Å². The summed E-state index contributed by atoms with van der Waals surface area (Å²) in [7, 11) is 0. The SMILES string of the molecule is CC(C)(C)OC(=O)N1C[C@@H]2C[C@@H]2[C@@H]1C(=O)OCCl. The average Bonchev–Trinajstić information content (AvgIpc) is 2.87. The fourth-order valence-electron chi connectivity index (χ4n) is 2.41. The first kappa shape index (κ1) is 13.5. The van der Waals surface area contributed by atoms with Gasteiger partial charge < -0.3 is 9.47 Å². The summed E-state index contributed by atoms with van der Waals surface area (Å²) < 4.78 is 10.1. The van der Waals surface area contributed by atoms with Gasteiger partial charge in [0.2, 0.25) is 0 Å². The topological polar surface area (TPSA) is 55.8 Å². The number of alkyl halides is 1. The minimum atomic E-state index is -0.565. The van der Waals surface area contributed by atoms with Crippen molar-refractivity contribution in [2.24, 2.45) is 11.8 Å². The number of fused-ring (bicyclic) bond motifs is 1. The highest BCUT2D eigenvalue weighted by molar-refractivity contribution is 6.17. The van der Waals surface area contributed by atoms with Crippen LogP contribution in [0.15, 0.2) is 0 Å². The van der Waals surface area contributed by atoms with Crippen molar-refractivity contribution in [3.05, 3.63) is 0 Å². The monoisotopic (exact) mass is 275 g/mol. The van der Waals surface area contributed by atoms with Gasteiger partial charge in [-0.2, -0.15) is 0 Å². The van der Waals surface area contributed by atoms with Gasteiger partial charge in [-0.05, 0) is 39.0 Å². The van der Waals surface area contributed by atoms with E-state index in [2.05, 4.69) is 0 Å². The minimum absolute atomic E-state index is 0.186. The van der Waals surface area contributed by atoms with Gasteiger partial charge in [-0.1, -0.05) is 11.6 Å². The van der Waals surface area contributed by atoms with E-state index in [4.69, 9.17) is 21.1 Å². The van der Waals surface area contributed by atoms with Crippen molar-refractivity contribution < 1.29 is 19.1 Å². The fourth-order valence-corrected chi connectivity index (χ4v) is 2.52. The lowest BCUT2D eigenvalue weighted by molar-refractivity contribution is -0.147. The van der Waals surface area contributed by atoms with E-state index in [1.807, 2.05) is 0 Å². The number of carbonyl (C=O) groups is 2. The van der Waals surface area contributed by atoms with Gasteiger partial charge in [-0.25, -0.2) is 9.59 Å². The zero-order valence-corrected chi connectivity index (χ0v) is 11.6. The van der Waals surface area contributed by atoms with Crippen LogP contribution in [0.2, 0.25) is 0 Å². The predicted molar refractivity (Wildman–Crippen MR) is 65.1 cm³/mol. The first-order valence-corrected chi connectivity index (χ1v) is 6.59. The van der Waals surface area contributed by atoms with Crippen molar-refractivity contribution in [2.75, 3.05) is 12.6 Å². The third-order valence-corrected chi connectivity index (χ3v) is 3.33. The van der Waals surface area contributed by atoms with Crippen LogP contribution >= 0.6 is 11.6 Å². The van der Waals surface area contributed by atoms with E-state index >= 15 is 0 Å². The van der Waals surface area contributed by atoms with Gasteiger partial charge in [0.1, 0.15) is 11.6 Å². The summed E-state index contributed by atoms with van der Waals surface area (Å²) in [6.45, 7) is 5.97. The largest absolute Gasteiger partial charge is 0.448 e. The molecule has 2 aliphatic rings. The Morgan fingerprint density at radius 1 is 1.39 bits per heavy atom. The molecule has 18 heavy (non-hydrogen) atoms. The van der Waals surface area contributed by atoms with Gasteiger partial charge in [0.05, 0.1) is 0 Å². The molecule has 1 saturated heterocycles. The second-order valence-electron chi connectivity index (χ2n) is 5.81. The second kappa shape index (κ2) is 4.61. The fraction of sp³-hybridized carbons (Fsp3) is 0.833. The molecule has 0 N–H and O–H groups in total. The number of carbonyl (C=O) groups excluding carboxylic acids is 2. The Balaban J connectivity index is 2.03. The molecule has 0 aromatic rings. The minimum Gasteiger partial charge on any atom is -0.448 e. The molecule has 1 heterocycles. The Morgan fingerprint density at radius 3 is 2.61 bits per heavy atom. The van der Waals surface area contributed by atoms with Crippen LogP contribution in [0.1, 0.15) is 27.2 Å². The Bertz CT molecular complexity index is 366. The summed E-state index contributed by atoms with van der Waals surface area (Å²) in [6.07, 6.45) is 0.521. The first-order valence-electron chi connectivity index (χ1n) is 6.05. The van der Waals surface area contributed by atoms with E-state index in [0.29, 0.717) is 12.5 Å². The van der Waals surface area contributed by atoms with E-state index in [1.165, 1.54) is 4.90 Å². The number of halogens is 1. The second-order valence-corrected chi connectivity index (χ2v) is 6.03. The molecular formula is C12H18ClNO4. The lowest BCUT2D eigenvalue weighted by Crippen LogP contribution is -2.46. The van der Waals surface area contributed by atoms with Crippen LogP contribution in [0.4, 0.5) is 4.79 Å². The number of likely N-dealkylation sites (tertiary alicyclic amines) is 1. The normalized spacial score (nSPS) is 29.8. The molecule has 5 nitrogen and oxygen atoms in total.